The molecule has 0 amide bonds. The second-order valence-corrected chi connectivity index (χ2v) is 4.78. The number of benzene rings is 2. The number of nitriles is 1. The molecule has 0 N–H and O–H groups in total. The zero-order valence-corrected chi connectivity index (χ0v) is 12.1. The van der Waals surface area contributed by atoms with Crippen LogP contribution in [0.2, 0.25) is 0 Å². The fourth-order valence-corrected chi connectivity index (χ4v) is 2.19. The van der Waals surface area contributed by atoms with E-state index in [1.807, 2.05) is 67.6 Å². The van der Waals surface area contributed by atoms with Crippen LogP contribution in [0.5, 0.6) is 0 Å². The molecule has 0 spiro atoms. The molecule has 104 valence electrons. The second-order valence-electron chi connectivity index (χ2n) is 4.78. The van der Waals surface area contributed by atoms with Gasteiger partial charge in [-0.25, -0.2) is 4.68 Å². The van der Waals surface area contributed by atoms with Crippen molar-refractivity contribution in [3.63, 3.8) is 0 Å². The predicted octanol–water partition coefficient (Wildman–Crippen LogP) is 3.45. The van der Waals surface area contributed by atoms with Crippen molar-refractivity contribution in [2.45, 2.75) is 6.92 Å². The first kappa shape index (κ1) is 13.7. The predicted molar refractivity (Wildman–Crippen MR) is 85.4 cm³/mol. The normalized spacial score (nSPS) is 9.64. The topological polar surface area (TPSA) is 41.6 Å². The minimum absolute atomic E-state index is 0.521. The van der Waals surface area contributed by atoms with E-state index in [1.54, 1.807) is 4.68 Å². The van der Waals surface area contributed by atoms with E-state index in [4.69, 9.17) is 0 Å². The summed E-state index contributed by atoms with van der Waals surface area (Å²) in [4.78, 5) is 0. The van der Waals surface area contributed by atoms with Gasteiger partial charge in [0.25, 0.3) is 0 Å². The van der Waals surface area contributed by atoms with Crippen molar-refractivity contribution >= 4 is 0 Å². The molecule has 0 unspecified atom stereocenters. The maximum absolute atomic E-state index is 9.39. The maximum Gasteiger partial charge on any atom is 0.135 e. The van der Waals surface area contributed by atoms with Crippen molar-refractivity contribution in [3.05, 3.63) is 83.2 Å². The lowest BCUT2D eigenvalue weighted by Gasteiger charge is -2.02. The summed E-state index contributed by atoms with van der Waals surface area (Å²) in [5.41, 5.74) is 3.63. The molecule has 1 heterocycles. The van der Waals surface area contributed by atoms with Crippen molar-refractivity contribution in [2.75, 3.05) is 0 Å². The van der Waals surface area contributed by atoms with Gasteiger partial charge in [0, 0.05) is 5.56 Å². The van der Waals surface area contributed by atoms with Gasteiger partial charge in [-0.1, -0.05) is 42.3 Å². The Labute approximate surface area is 129 Å². The minimum Gasteiger partial charge on any atom is -0.224 e. The third-order valence-corrected chi connectivity index (χ3v) is 3.27. The van der Waals surface area contributed by atoms with Crippen molar-refractivity contribution in [1.82, 2.24) is 9.78 Å². The highest BCUT2D eigenvalue weighted by atomic mass is 15.3. The highest BCUT2D eigenvalue weighted by Gasteiger charge is 2.14. The molecule has 0 aliphatic carbocycles. The third-order valence-electron chi connectivity index (χ3n) is 3.27. The Balaban J connectivity index is 2.15. The van der Waals surface area contributed by atoms with Crippen LogP contribution in [0.4, 0.5) is 0 Å². The lowest BCUT2D eigenvalue weighted by atomic mass is 10.2. The monoisotopic (exact) mass is 283 g/mol. The molecular formula is C19H13N3. The van der Waals surface area contributed by atoms with Crippen LogP contribution >= 0.6 is 0 Å². The van der Waals surface area contributed by atoms with E-state index in [0.717, 1.165) is 11.3 Å². The molecule has 0 aliphatic heterocycles. The Morgan fingerprint density at radius 2 is 1.55 bits per heavy atom. The molecule has 3 rings (SSSR count). The lowest BCUT2D eigenvalue weighted by Crippen LogP contribution is -1.99. The lowest BCUT2D eigenvalue weighted by molar-refractivity contribution is 0.852. The standard InChI is InChI=1S/C19H13N3/c1-15-18(14-20)19(13-12-16-8-4-2-5-9-16)22(21-15)17-10-6-3-7-11-17/h2-11H,1H3. The zero-order valence-electron chi connectivity index (χ0n) is 12.1. The Morgan fingerprint density at radius 1 is 0.909 bits per heavy atom. The van der Waals surface area contributed by atoms with Gasteiger partial charge < -0.3 is 0 Å². The van der Waals surface area contributed by atoms with Crippen molar-refractivity contribution < 1.29 is 0 Å². The molecule has 3 nitrogen and oxygen atoms in total. The van der Waals surface area contributed by atoms with E-state index in [-0.39, 0.29) is 0 Å². The number of nitrogens with zero attached hydrogens (tertiary/aromatic N) is 3. The molecule has 0 aliphatic rings. The number of aryl methyl sites for hydroxylation is 1. The molecule has 2 aromatic carbocycles. The van der Waals surface area contributed by atoms with Gasteiger partial charge in [-0.15, -0.1) is 0 Å². The molecule has 0 saturated carbocycles. The molecule has 1 aromatic heterocycles. The van der Waals surface area contributed by atoms with Crippen LogP contribution in [-0.2, 0) is 0 Å². The fraction of sp³-hybridized carbons (Fsp3) is 0.0526. The van der Waals surface area contributed by atoms with Gasteiger partial charge in [-0.05, 0) is 37.1 Å². The molecule has 0 radical (unpaired) electrons. The molecular weight excluding hydrogens is 270 g/mol. The summed E-state index contributed by atoms with van der Waals surface area (Å²) in [6, 6.07) is 21.6. The van der Waals surface area contributed by atoms with E-state index in [1.165, 1.54) is 0 Å². The van der Waals surface area contributed by atoms with Crippen LogP contribution in [0.3, 0.4) is 0 Å². The van der Waals surface area contributed by atoms with Crippen LogP contribution in [0, 0.1) is 30.1 Å². The van der Waals surface area contributed by atoms with E-state index >= 15 is 0 Å². The summed E-state index contributed by atoms with van der Waals surface area (Å²) in [7, 11) is 0. The second kappa shape index (κ2) is 5.99. The van der Waals surface area contributed by atoms with E-state index in [9.17, 15) is 5.26 Å². The summed E-state index contributed by atoms with van der Waals surface area (Å²) in [6.07, 6.45) is 0. The number of para-hydroxylation sites is 1. The van der Waals surface area contributed by atoms with Crippen LogP contribution < -0.4 is 0 Å². The molecule has 0 saturated heterocycles. The number of hydrogen-bond donors (Lipinski definition) is 0. The highest BCUT2D eigenvalue weighted by Crippen LogP contribution is 2.17. The summed E-state index contributed by atoms with van der Waals surface area (Å²) >= 11 is 0. The van der Waals surface area contributed by atoms with Gasteiger partial charge in [0.15, 0.2) is 0 Å². The first-order chi connectivity index (χ1) is 10.8. The Morgan fingerprint density at radius 3 is 2.18 bits per heavy atom. The third kappa shape index (κ3) is 2.61. The van der Waals surface area contributed by atoms with Gasteiger partial charge in [0.1, 0.15) is 17.3 Å². The smallest absolute Gasteiger partial charge is 0.135 e. The summed E-state index contributed by atoms with van der Waals surface area (Å²) in [5, 5.41) is 13.8. The van der Waals surface area contributed by atoms with Gasteiger partial charge in [-0.3, -0.25) is 0 Å². The minimum atomic E-state index is 0.521. The fourth-order valence-electron chi connectivity index (χ4n) is 2.19. The quantitative estimate of drug-likeness (QED) is 0.642. The zero-order chi connectivity index (χ0) is 15.4. The van der Waals surface area contributed by atoms with Crippen LogP contribution in [0.1, 0.15) is 22.5 Å². The molecule has 0 fully saturated rings. The van der Waals surface area contributed by atoms with Gasteiger partial charge in [0.05, 0.1) is 11.4 Å². The largest absolute Gasteiger partial charge is 0.224 e. The molecule has 3 heteroatoms. The summed E-state index contributed by atoms with van der Waals surface area (Å²) in [5.74, 6) is 6.19. The molecule has 22 heavy (non-hydrogen) atoms. The number of rotatable bonds is 1. The van der Waals surface area contributed by atoms with Crippen molar-refractivity contribution in [2.24, 2.45) is 0 Å². The average Bonchev–Trinajstić information content (AvgIpc) is 2.90. The van der Waals surface area contributed by atoms with E-state index in [2.05, 4.69) is 23.0 Å². The summed E-state index contributed by atoms with van der Waals surface area (Å²) in [6.45, 7) is 1.83. The van der Waals surface area contributed by atoms with Crippen LogP contribution in [0.15, 0.2) is 60.7 Å². The average molecular weight is 283 g/mol. The summed E-state index contributed by atoms with van der Waals surface area (Å²) < 4.78 is 1.73. The number of hydrogen-bond acceptors (Lipinski definition) is 2. The molecule has 3 aromatic rings. The van der Waals surface area contributed by atoms with Crippen molar-refractivity contribution in [3.8, 4) is 23.6 Å². The van der Waals surface area contributed by atoms with Gasteiger partial charge >= 0.3 is 0 Å². The number of aromatic nitrogens is 2. The van der Waals surface area contributed by atoms with Crippen LogP contribution in [-0.4, -0.2) is 9.78 Å². The van der Waals surface area contributed by atoms with Gasteiger partial charge in [-0.2, -0.15) is 10.4 Å². The Bertz CT molecular complexity index is 889. The van der Waals surface area contributed by atoms with E-state index in [0.29, 0.717) is 17.0 Å². The maximum atomic E-state index is 9.39. The Kier molecular flexibility index (Phi) is 3.72. The molecule has 0 bridgehead atoms. The SMILES string of the molecule is Cc1nn(-c2ccccc2)c(C#Cc2ccccc2)c1C#N. The highest BCUT2D eigenvalue weighted by molar-refractivity contribution is 5.53. The first-order valence-corrected chi connectivity index (χ1v) is 6.92. The van der Waals surface area contributed by atoms with Gasteiger partial charge in [0.2, 0.25) is 0 Å². The van der Waals surface area contributed by atoms with E-state index < -0.39 is 0 Å². The Hall–Kier alpha value is -3.30. The van der Waals surface area contributed by atoms with Crippen LogP contribution in [0.25, 0.3) is 5.69 Å². The first-order valence-electron chi connectivity index (χ1n) is 6.92. The van der Waals surface area contributed by atoms with Crippen molar-refractivity contribution in [1.29, 1.82) is 5.26 Å². The molecule has 0 atom stereocenters.